The number of nitrogens with one attached hydrogen (secondary N) is 2. The first kappa shape index (κ1) is 16.4. The van der Waals surface area contributed by atoms with Crippen LogP contribution in [0.15, 0.2) is 34.9 Å². The number of amides is 1. The number of carbonyl (C=O) groups excluding carboxylic acids is 1. The maximum absolute atomic E-state index is 12.7. The summed E-state index contributed by atoms with van der Waals surface area (Å²) in [6, 6.07) is 7.83. The Bertz CT molecular complexity index is 977. The van der Waals surface area contributed by atoms with Gasteiger partial charge in [-0.2, -0.15) is 0 Å². The van der Waals surface area contributed by atoms with Gasteiger partial charge in [-0.3, -0.25) is 4.79 Å². The number of anilines is 1. The summed E-state index contributed by atoms with van der Waals surface area (Å²) in [4.78, 5) is 17.9. The van der Waals surface area contributed by atoms with Gasteiger partial charge in [0.25, 0.3) is 5.89 Å². The molecule has 1 aromatic carbocycles. The number of rotatable bonds is 4. The number of hydrogen-bond donors (Lipinski definition) is 2. The molecular weight excluding hydrogens is 342 g/mol. The van der Waals surface area contributed by atoms with E-state index in [1.807, 2.05) is 42.3 Å². The van der Waals surface area contributed by atoms with Crippen LogP contribution in [-0.4, -0.2) is 45.1 Å². The molecule has 2 N–H and O–H groups in total. The Kier molecular flexibility index (Phi) is 3.70. The molecule has 3 heterocycles. The molecule has 0 bridgehead atoms. The van der Waals surface area contributed by atoms with Crippen LogP contribution in [0.4, 0.5) is 6.01 Å². The number of piperidine rings is 1. The van der Waals surface area contributed by atoms with Crippen LogP contribution in [0.3, 0.4) is 0 Å². The molecule has 3 aromatic rings. The van der Waals surface area contributed by atoms with Crippen molar-refractivity contribution < 1.29 is 9.21 Å². The standard InChI is InChI=1S/C20H23N5O2/c1-13(18(26)25-10-8-20(6-7-20)9-11-25)22-19-24-23-17(27-19)15-12-21-16-5-3-2-4-14(15)16/h2-5,12-13,21H,6-11H2,1H3,(H,22,24)/t13-/m0/s1. The van der Waals surface area contributed by atoms with Crippen molar-refractivity contribution >= 4 is 22.8 Å². The Morgan fingerprint density at radius 1 is 1.22 bits per heavy atom. The Labute approximate surface area is 157 Å². The van der Waals surface area contributed by atoms with E-state index in [-0.39, 0.29) is 11.9 Å². The molecule has 2 aromatic heterocycles. The second-order valence-corrected chi connectivity index (χ2v) is 7.85. The van der Waals surface area contributed by atoms with E-state index < -0.39 is 6.04 Å². The zero-order valence-corrected chi connectivity index (χ0v) is 15.4. The Morgan fingerprint density at radius 3 is 2.78 bits per heavy atom. The van der Waals surface area contributed by atoms with Gasteiger partial charge in [0.15, 0.2) is 0 Å². The summed E-state index contributed by atoms with van der Waals surface area (Å²) in [6.07, 6.45) is 6.80. The van der Waals surface area contributed by atoms with Crippen molar-refractivity contribution in [2.75, 3.05) is 18.4 Å². The first-order valence-electron chi connectivity index (χ1n) is 9.59. The molecule has 140 valence electrons. The third-order valence-corrected chi connectivity index (χ3v) is 6.05. The number of likely N-dealkylation sites (tertiary alicyclic amines) is 1. The van der Waals surface area contributed by atoms with Crippen LogP contribution in [0, 0.1) is 5.41 Å². The molecule has 2 aliphatic rings. The molecule has 1 atom stereocenters. The largest absolute Gasteiger partial charge is 0.403 e. The molecule has 1 amide bonds. The van der Waals surface area contributed by atoms with Crippen molar-refractivity contribution in [1.82, 2.24) is 20.1 Å². The molecule has 1 aliphatic heterocycles. The van der Waals surface area contributed by atoms with Crippen LogP contribution in [0.5, 0.6) is 0 Å². The van der Waals surface area contributed by atoms with Crippen molar-refractivity contribution in [3.05, 3.63) is 30.5 Å². The van der Waals surface area contributed by atoms with E-state index in [9.17, 15) is 4.79 Å². The van der Waals surface area contributed by atoms with Crippen LogP contribution in [0.2, 0.25) is 0 Å². The fourth-order valence-electron chi connectivity index (χ4n) is 4.04. The van der Waals surface area contributed by atoms with E-state index in [1.54, 1.807) is 0 Å². The maximum atomic E-state index is 12.7. The van der Waals surface area contributed by atoms with Gasteiger partial charge in [0.1, 0.15) is 6.04 Å². The van der Waals surface area contributed by atoms with Crippen molar-refractivity contribution in [2.45, 2.75) is 38.6 Å². The van der Waals surface area contributed by atoms with Crippen molar-refractivity contribution in [3.8, 4) is 11.5 Å². The summed E-state index contributed by atoms with van der Waals surface area (Å²) in [5.74, 6) is 0.528. The van der Waals surface area contributed by atoms with Gasteiger partial charge in [0, 0.05) is 30.2 Å². The summed E-state index contributed by atoms with van der Waals surface area (Å²) >= 11 is 0. The Hall–Kier alpha value is -2.83. The lowest BCUT2D eigenvalue weighted by Crippen LogP contribution is -2.45. The molecule has 1 saturated heterocycles. The minimum Gasteiger partial charge on any atom is -0.403 e. The third-order valence-electron chi connectivity index (χ3n) is 6.05. The topological polar surface area (TPSA) is 87.0 Å². The summed E-state index contributed by atoms with van der Waals surface area (Å²) in [5, 5.41) is 12.3. The molecule has 1 aliphatic carbocycles. The number of carbonyl (C=O) groups is 1. The van der Waals surface area contributed by atoms with Crippen LogP contribution < -0.4 is 5.32 Å². The lowest BCUT2D eigenvalue weighted by atomic mass is 9.93. The smallest absolute Gasteiger partial charge is 0.316 e. The average Bonchev–Trinajstić information content (AvgIpc) is 3.09. The van der Waals surface area contributed by atoms with Gasteiger partial charge in [-0.05, 0) is 44.1 Å². The molecule has 2 fully saturated rings. The molecule has 0 radical (unpaired) electrons. The van der Waals surface area contributed by atoms with Crippen LogP contribution >= 0.6 is 0 Å². The van der Waals surface area contributed by atoms with Crippen LogP contribution in [-0.2, 0) is 4.79 Å². The highest BCUT2D eigenvalue weighted by Gasteiger charge is 2.45. The van der Waals surface area contributed by atoms with Gasteiger partial charge < -0.3 is 19.6 Å². The molecule has 1 spiro atoms. The number of hydrogen-bond acceptors (Lipinski definition) is 5. The van der Waals surface area contributed by atoms with Crippen molar-refractivity contribution in [2.24, 2.45) is 5.41 Å². The first-order chi connectivity index (χ1) is 13.1. The first-order valence-corrected chi connectivity index (χ1v) is 9.59. The number of fused-ring (bicyclic) bond motifs is 1. The normalized spacial score (nSPS) is 19.4. The number of nitrogens with zero attached hydrogens (tertiary/aromatic N) is 3. The molecule has 0 unspecified atom stereocenters. The number of aromatic amines is 1. The fraction of sp³-hybridized carbons (Fsp3) is 0.450. The lowest BCUT2D eigenvalue weighted by molar-refractivity contribution is -0.133. The van der Waals surface area contributed by atoms with Crippen LogP contribution in [0.25, 0.3) is 22.4 Å². The quantitative estimate of drug-likeness (QED) is 0.740. The van der Waals surface area contributed by atoms with Crippen LogP contribution in [0.1, 0.15) is 32.6 Å². The van der Waals surface area contributed by atoms with Gasteiger partial charge in [-0.1, -0.05) is 23.3 Å². The van der Waals surface area contributed by atoms with E-state index >= 15 is 0 Å². The molecule has 27 heavy (non-hydrogen) atoms. The highest BCUT2D eigenvalue weighted by molar-refractivity contribution is 5.93. The van der Waals surface area contributed by atoms with E-state index in [0.717, 1.165) is 42.4 Å². The summed E-state index contributed by atoms with van der Waals surface area (Å²) < 4.78 is 5.76. The predicted octanol–water partition coefficient (Wildman–Crippen LogP) is 3.42. The zero-order chi connectivity index (χ0) is 18.4. The second kappa shape index (κ2) is 6.11. The maximum Gasteiger partial charge on any atom is 0.316 e. The Morgan fingerprint density at radius 2 is 2.00 bits per heavy atom. The van der Waals surface area contributed by atoms with Crippen molar-refractivity contribution in [1.29, 1.82) is 0 Å². The van der Waals surface area contributed by atoms with Gasteiger partial charge in [0.05, 0.1) is 5.56 Å². The summed E-state index contributed by atoms with van der Waals surface area (Å²) in [6.45, 7) is 3.56. The second-order valence-electron chi connectivity index (χ2n) is 7.85. The minimum atomic E-state index is -0.394. The molecule has 5 rings (SSSR count). The molecular formula is C20H23N5O2. The monoisotopic (exact) mass is 365 g/mol. The number of para-hydroxylation sites is 1. The summed E-state index contributed by atoms with van der Waals surface area (Å²) in [7, 11) is 0. The number of benzene rings is 1. The molecule has 7 heteroatoms. The average molecular weight is 365 g/mol. The van der Waals surface area contributed by atoms with Gasteiger partial charge >= 0.3 is 6.01 Å². The number of H-pyrrole nitrogens is 1. The molecule has 7 nitrogen and oxygen atoms in total. The minimum absolute atomic E-state index is 0.0948. The van der Waals surface area contributed by atoms with Crippen molar-refractivity contribution in [3.63, 3.8) is 0 Å². The van der Waals surface area contributed by atoms with E-state index in [2.05, 4.69) is 20.5 Å². The highest BCUT2D eigenvalue weighted by atomic mass is 16.4. The van der Waals surface area contributed by atoms with Gasteiger partial charge in [0.2, 0.25) is 5.91 Å². The van der Waals surface area contributed by atoms with E-state index in [0.29, 0.717) is 11.3 Å². The third kappa shape index (κ3) is 2.97. The summed E-state index contributed by atoms with van der Waals surface area (Å²) in [5.41, 5.74) is 2.44. The zero-order valence-electron chi connectivity index (χ0n) is 15.4. The molecule has 1 saturated carbocycles. The predicted molar refractivity (Wildman–Crippen MR) is 102 cm³/mol. The Balaban J connectivity index is 1.27. The highest BCUT2D eigenvalue weighted by Crippen LogP contribution is 2.53. The number of aromatic nitrogens is 3. The van der Waals surface area contributed by atoms with E-state index in [4.69, 9.17) is 4.42 Å². The van der Waals surface area contributed by atoms with E-state index in [1.165, 1.54) is 12.8 Å². The van der Waals surface area contributed by atoms with Gasteiger partial charge in [-0.25, -0.2) is 0 Å². The van der Waals surface area contributed by atoms with Gasteiger partial charge in [-0.15, -0.1) is 5.10 Å². The fourth-order valence-corrected chi connectivity index (χ4v) is 4.04. The SMILES string of the molecule is C[C@H](Nc1nnc(-c2c[nH]c3ccccc23)o1)C(=O)N1CCC2(CC1)CC2. The lowest BCUT2D eigenvalue weighted by Gasteiger charge is -2.33.